The molecule has 2 N–H and O–H groups in total. The Hall–Kier alpha value is -2.89. The number of pyridine rings is 1. The maximum absolute atomic E-state index is 12.1. The summed E-state index contributed by atoms with van der Waals surface area (Å²) >= 11 is 0. The van der Waals surface area contributed by atoms with Crippen LogP contribution in [-0.2, 0) is 11.4 Å². The number of ether oxygens (including phenoxy) is 1. The number of nitrogens with one attached hydrogen (secondary N) is 1. The van der Waals surface area contributed by atoms with Gasteiger partial charge in [-0.3, -0.25) is 4.79 Å². The third kappa shape index (κ3) is 4.10. The first-order valence-electron chi connectivity index (χ1n) is 7.80. The van der Waals surface area contributed by atoms with E-state index >= 15 is 0 Å². The van der Waals surface area contributed by atoms with Crippen LogP contribution in [0.5, 0.6) is 5.88 Å². The number of carbonyl (C=O) groups excluding carboxylic acids is 1. The molecule has 1 atom stereocenters. The first-order chi connectivity index (χ1) is 11.6. The Kier molecular flexibility index (Phi) is 4.74. The van der Waals surface area contributed by atoms with Crippen molar-refractivity contribution in [3.63, 3.8) is 0 Å². The molecule has 1 unspecified atom stereocenters. The smallest absolute Gasteiger partial charge is 0.326 e. The third-order valence-electron chi connectivity index (χ3n) is 3.87. The molecule has 0 aliphatic heterocycles. The Morgan fingerprint density at radius 1 is 1.21 bits per heavy atom. The molecular weight excluding hydrogens is 308 g/mol. The van der Waals surface area contributed by atoms with E-state index in [4.69, 9.17) is 9.84 Å². The van der Waals surface area contributed by atoms with Gasteiger partial charge in [0.25, 0.3) is 5.91 Å². The van der Waals surface area contributed by atoms with Crippen LogP contribution >= 0.6 is 0 Å². The maximum atomic E-state index is 12.1. The summed E-state index contributed by atoms with van der Waals surface area (Å²) in [6, 6.07) is 12.0. The van der Waals surface area contributed by atoms with Crippen LogP contribution in [0.2, 0.25) is 0 Å². The van der Waals surface area contributed by atoms with Gasteiger partial charge in [-0.1, -0.05) is 30.3 Å². The lowest BCUT2D eigenvalue weighted by atomic mass is 10.1. The third-order valence-corrected chi connectivity index (χ3v) is 3.87. The minimum atomic E-state index is -0.998. The number of benzene rings is 1. The molecule has 1 amide bonds. The normalized spacial score (nSPS) is 14.7. The van der Waals surface area contributed by atoms with Crippen molar-refractivity contribution in [3.8, 4) is 5.88 Å². The number of aromatic nitrogens is 1. The second-order valence-electron chi connectivity index (χ2n) is 5.79. The second-order valence-corrected chi connectivity index (χ2v) is 5.79. The molecule has 1 heterocycles. The molecule has 0 spiro atoms. The lowest BCUT2D eigenvalue weighted by Crippen LogP contribution is -2.42. The molecule has 1 aliphatic rings. The van der Waals surface area contributed by atoms with Crippen LogP contribution in [0.3, 0.4) is 0 Å². The average molecular weight is 326 g/mol. The quantitative estimate of drug-likeness (QED) is 0.815. The highest BCUT2D eigenvalue weighted by molar-refractivity contribution is 5.96. The summed E-state index contributed by atoms with van der Waals surface area (Å²) in [6.45, 7) is 0.391. The van der Waals surface area contributed by atoms with Gasteiger partial charge in [0.2, 0.25) is 5.88 Å². The van der Waals surface area contributed by atoms with Gasteiger partial charge in [0.05, 0.1) is 5.56 Å². The predicted octanol–water partition coefficient (Wildman–Crippen LogP) is 2.25. The monoisotopic (exact) mass is 326 g/mol. The molecule has 3 rings (SSSR count). The first kappa shape index (κ1) is 16.0. The average Bonchev–Trinajstić information content (AvgIpc) is 3.43. The van der Waals surface area contributed by atoms with Gasteiger partial charge in [0.1, 0.15) is 12.6 Å². The molecule has 1 fully saturated rings. The topological polar surface area (TPSA) is 88.5 Å². The van der Waals surface area contributed by atoms with Crippen LogP contribution in [0, 0.1) is 5.92 Å². The van der Waals surface area contributed by atoms with Crippen molar-refractivity contribution in [1.29, 1.82) is 0 Å². The molecule has 0 bridgehead atoms. The number of carbonyl (C=O) groups is 2. The Labute approximate surface area is 139 Å². The van der Waals surface area contributed by atoms with Crippen molar-refractivity contribution >= 4 is 11.9 Å². The van der Waals surface area contributed by atoms with Crippen molar-refractivity contribution < 1.29 is 19.4 Å². The number of hydrogen-bond donors (Lipinski definition) is 2. The largest absolute Gasteiger partial charge is 0.480 e. The highest BCUT2D eigenvalue weighted by Gasteiger charge is 2.37. The fourth-order valence-electron chi connectivity index (χ4n) is 2.37. The van der Waals surface area contributed by atoms with Crippen molar-refractivity contribution in [1.82, 2.24) is 10.3 Å². The molecule has 6 nitrogen and oxygen atoms in total. The molecule has 1 aromatic heterocycles. The van der Waals surface area contributed by atoms with Gasteiger partial charge >= 0.3 is 5.97 Å². The number of aliphatic carboxylic acids is 1. The van der Waals surface area contributed by atoms with E-state index in [1.54, 1.807) is 12.1 Å². The highest BCUT2D eigenvalue weighted by atomic mass is 16.5. The van der Waals surface area contributed by atoms with Gasteiger partial charge in [-0.25, -0.2) is 9.78 Å². The fraction of sp³-hybridized carbons (Fsp3) is 0.278. The molecule has 124 valence electrons. The Bertz CT molecular complexity index is 712. The van der Waals surface area contributed by atoms with Gasteiger partial charge in [0.15, 0.2) is 0 Å². The SMILES string of the molecule is O=C(NC(C(=O)O)C1CC1)c1ccc(OCc2ccccc2)nc1. The van der Waals surface area contributed by atoms with Crippen molar-refractivity contribution in [2.45, 2.75) is 25.5 Å². The molecule has 24 heavy (non-hydrogen) atoms. The zero-order chi connectivity index (χ0) is 16.9. The van der Waals surface area contributed by atoms with Crippen molar-refractivity contribution in [2.24, 2.45) is 5.92 Å². The molecule has 0 radical (unpaired) electrons. The second kappa shape index (κ2) is 7.12. The van der Waals surface area contributed by atoms with Crippen LogP contribution in [0.25, 0.3) is 0 Å². The summed E-state index contributed by atoms with van der Waals surface area (Å²) in [5.41, 5.74) is 1.34. The van der Waals surface area contributed by atoms with Crippen LogP contribution in [0.15, 0.2) is 48.7 Å². The zero-order valence-corrected chi connectivity index (χ0v) is 13.0. The molecule has 6 heteroatoms. The molecule has 0 saturated heterocycles. The first-order valence-corrected chi connectivity index (χ1v) is 7.80. The summed E-state index contributed by atoms with van der Waals surface area (Å²) < 4.78 is 5.56. The highest BCUT2D eigenvalue weighted by Crippen LogP contribution is 2.32. The zero-order valence-electron chi connectivity index (χ0n) is 13.0. The van der Waals surface area contributed by atoms with Crippen LogP contribution in [-0.4, -0.2) is 28.0 Å². The van der Waals surface area contributed by atoms with Crippen molar-refractivity contribution in [2.75, 3.05) is 0 Å². The number of rotatable bonds is 7. The molecule has 1 aliphatic carbocycles. The van der Waals surface area contributed by atoms with E-state index in [-0.39, 0.29) is 5.92 Å². The van der Waals surface area contributed by atoms with E-state index < -0.39 is 17.9 Å². The summed E-state index contributed by atoms with van der Waals surface area (Å²) in [7, 11) is 0. The molecule has 1 aromatic carbocycles. The Balaban J connectivity index is 1.57. The van der Waals surface area contributed by atoms with E-state index in [2.05, 4.69) is 10.3 Å². The number of nitrogens with zero attached hydrogens (tertiary/aromatic N) is 1. The van der Waals surface area contributed by atoms with Gasteiger partial charge in [-0.2, -0.15) is 0 Å². The fourth-order valence-corrected chi connectivity index (χ4v) is 2.37. The van der Waals surface area contributed by atoms with E-state index in [9.17, 15) is 9.59 Å². The molecular formula is C18H18N2O4. The van der Waals surface area contributed by atoms with Crippen molar-refractivity contribution in [3.05, 3.63) is 59.8 Å². The van der Waals surface area contributed by atoms with Crippen LogP contribution in [0.1, 0.15) is 28.8 Å². The van der Waals surface area contributed by atoms with E-state index in [0.29, 0.717) is 18.1 Å². The van der Waals surface area contributed by atoms with Gasteiger partial charge < -0.3 is 15.2 Å². The molecule has 2 aromatic rings. The van der Waals surface area contributed by atoms with E-state index in [0.717, 1.165) is 18.4 Å². The number of hydrogen-bond acceptors (Lipinski definition) is 4. The lowest BCUT2D eigenvalue weighted by Gasteiger charge is -2.13. The number of carboxylic acids is 1. The minimum absolute atomic E-state index is 0.0351. The number of amides is 1. The summed E-state index contributed by atoms with van der Waals surface area (Å²) in [5.74, 6) is -0.988. The van der Waals surface area contributed by atoms with Gasteiger partial charge in [0, 0.05) is 12.3 Å². The Morgan fingerprint density at radius 3 is 2.54 bits per heavy atom. The van der Waals surface area contributed by atoms with Gasteiger partial charge in [-0.05, 0) is 30.4 Å². The van der Waals surface area contributed by atoms with Crippen LogP contribution < -0.4 is 10.1 Å². The van der Waals surface area contributed by atoms with Crippen LogP contribution in [0.4, 0.5) is 0 Å². The van der Waals surface area contributed by atoms with E-state index in [1.807, 2.05) is 30.3 Å². The van der Waals surface area contributed by atoms with Gasteiger partial charge in [-0.15, -0.1) is 0 Å². The standard InChI is InChI=1S/C18H18N2O4/c21-17(20-16(18(22)23)13-6-7-13)14-8-9-15(19-10-14)24-11-12-4-2-1-3-5-12/h1-5,8-10,13,16H,6-7,11H2,(H,20,21)(H,22,23). The maximum Gasteiger partial charge on any atom is 0.326 e. The summed E-state index contributed by atoms with van der Waals surface area (Å²) in [5, 5.41) is 11.7. The van der Waals surface area contributed by atoms with E-state index in [1.165, 1.54) is 6.20 Å². The summed E-state index contributed by atoms with van der Waals surface area (Å²) in [4.78, 5) is 27.4. The predicted molar refractivity (Wildman–Crippen MR) is 86.6 cm³/mol. The Morgan fingerprint density at radius 2 is 1.96 bits per heavy atom. The molecule has 1 saturated carbocycles. The minimum Gasteiger partial charge on any atom is -0.480 e. The lowest BCUT2D eigenvalue weighted by molar-refractivity contribution is -0.139. The number of carboxylic acid groups (broad SMARTS) is 1. The summed E-state index contributed by atoms with van der Waals surface area (Å²) in [6.07, 6.45) is 3.06.